The van der Waals surface area contributed by atoms with Crippen molar-refractivity contribution in [2.75, 3.05) is 13.1 Å². The first-order valence-corrected chi connectivity index (χ1v) is 8.77. The summed E-state index contributed by atoms with van der Waals surface area (Å²) < 4.78 is 37.6. The third-order valence-corrected chi connectivity index (χ3v) is 5.44. The van der Waals surface area contributed by atoms with Gasteiger partial charge >= 0.3 is 6.18 Å². The molecule has 6 heteroatoms. The van der Waals surface area contributed by atoms with Crippen molar-refractivity contribution in [1.29, 1.82) is 0 Å². The molecule has 1 aromatic heterocycles. The van der Waals surface area contributed by atoms with Gasteiger partial charge in [-0.15, -0.1) is 0 Å². The number of alkyl halides is 3. The number of halogens is 3. The molecule has 0 unspecified atom stereocenters. The van der Waals surface area contributed by atoms with Crippen LogP contribution in [0.2, 0.25) is 0 Å². The molecule has 2 heterocycles. The minimum absolute atomic E-state index is 0.210. The van der Waals surface area contributed by atoms with Gasteiger partial charge in [-0.3, -0.25) is 9.78 Å². The Labute approximate surface area is 140 Å². The average molecular weight is 340 g/mol. The van der Waals surface area contributed by atoms with Gasteiger partial charge in [-0.05, 0) is 36.8 Å². The highest BCUT2D eigenvalue weighted by atomic mass is 19.4. The standard InChI is InChI=1S/C18H23F3N2O/c19-18(20,21)16-7-6-15(12-22-16)17(24)23-10-8-14(9-11-23)13-4-2-1-3-5-13/h6-7,12-14H,1-5,8-11H2. The molecule has 0 radical (unpaired) electrons. The largest absolute Gasteiger partial charge is 0.433 e. The number of rotatable bonds is 2. The number of nitrogens with zero attached hydrogens (tertiary/aromatic N) is 2. The minimum Gasteiger partial charge on any atom is -0.339 e. The van der Waals surface area contributed by atoms with Gasteiger partial charge in [-0.25, -0.2) is 0 Å². The molecule has 2 fully saturated rings. The van der Waals surface area contributed by atoms with Gasteiger partial charge in [0.1, 0.15) is 5.69 Å². The highest BCUT2D eigenvalue weighted by Gasteiger charge is 2.33. The first kappa shape index (κ1) is 17.2. The van der Waals surface area contributed by atoms with Crippen LogP contribution in [-0.4, -0.2) is 28.9 Å². The van der Waals surface area contributed by atoms with Crippen LogP contribution in [0.1, 0.15) is 61.0 Å². The second-order valence-electron chi connectivity index (χ2n) is 6.96. The Morgan fingerprint density at radius 2 is 1.62 bits per heavy atom. The predicted octanol–water partition coefficient (Wildman–Crippen LogP) is 4.53. The Balaban J connectivity index is 1.56. The maximum Gasteiger partial charge on any atom is 0.433 e. The van der Waals surface area contributed by atoms with E-state index in [0.29, 0.717) is 19.0 Å². The molecule has 132 valence electrons. The first-order chi connectivity index (χ1) is 11.4. The maximum atomic E-state index is 12.5. The third-order valence-electron chi connectivity index (χ3n) is 5.44. The van der Waals surface area contributed by atoms with Crippen molar-refractivity contribution in [1.82, 2.24) is 9.88 Å². The van der Waals surface area contributed by atoms with E-state index >= 15 is 0 Å². The highest BCUT2D eigenvalue weighted by Crippen LogP contribution is 2.35. The quantitative estimate of drug-likeness (QED) is 0.792. The molecule has 0 N–H and O–H groups in total. The fourth-order valence-corrected chi connectivity index (χ4v) is 4.05. The molecule has 1 amide bonds. The summed E-state index contributed by atoms with van der Waals surface area (Å²) in [4.78, 5) is 17.6. The van der Waals surface area contributed by atoms with Crippen LogP contribution >= 0.6 is 0 Å². The molecule has 1 saturated carbocycles. The van der Waals surface area contributed by atoms with E-state index in [1.165, 1.54) is 38.2 Å². The predicted molar refractivity (Wildman–Crippen MR) is 84.4 cm³/mol. The molecule has 0 aromatic carbocycles. The molecular weight excluding hydrogens is 317 g/mol. The molecule has 1 aliphatic carbocycles. The molecule has 1 saturated heterocycles. The summed E-state index contributed by atoms with van der Waals surface area (Å²) in [6.45, 7) is 1.39. The van der Waals surface area contributed by atoms with Crippen LogP contribution in [-0.2, 0) is 6.18 Å². The van der Waals surface area contributed by atoms with Crippen LogP contribution in [0.4, 0.5) is 13.2 Å². The third kappa shape index (κ3) is 3.90. The molecule has 3 rings (SSSR count). The molecule has 3 nitrogen and oxygen atoms in total. The van der Waals surface area contributed by atoms with Crippen LogP contribution in [0.25, 0.3) is 0 Å². The first-order valence-electron chi connectivity index (χ1n) is 8.77. The molecule has 2 aliphatic rings. The van der Waals surface area contributed by atoms with Crippen LogP contribution in [0.3, 0.4) is 0 Å². The number of carbonyl (C=O) groups excluding carboxylic acids is 1. The van der Waals surface area contributed by atoms with Crippen LogP contribution in [0.15, 0.2) is 18.3 Å². The van der Waals surface area contributed by atoms with E-state index in [2.05, 4.69) is 4.98 Å². The van der Waals surface area contributed by atoms with Crippen molar-refractivity contribution in [3.63, 3.8) is 0 Å². The van der Waals surface area contributed by atoms with Crippen molar-refractivity contribution in [3.05, 3.63) is 29.6 Å². The Hall–Kier alpha value is -1.59. The number of hydrogen-bond acceptors (Lipinski definition) is 2. The summed E-state index contributed by atoms with van der Waals surface area (Å²) in [5.41, 5.74) is -0.728. The molecule has 24 heavy (non-hydrogen) atoms. The van der Waals surface area contributed by atoms with Gasteiger partial charge in [0.2, 0.25) is 0 Å². The van der Waals surface area contributed by atoms with Crippen LogP contribution < -0.4 is 0 Å². The number of aromatic nitrogens is 1. The average Bonchev–Trinajstić information content (AvgIpc) is 2.61. The number of amides is 1. The molecular formula is C18H23F3N2O. The number of piperidine rings is 1. The lowest BCUT2D eigenvalue weighted by atomic mass is 9.76. The lowest BCUT2D eigenvalue weighted by Crippen LogP contribution is -2.40. The Bertz CT molecular complexity index is 557. The molecule has 0 spiro atoms. The zero-order valence-corrected chi connectivity index (χ0v) is 13.7. The van der Waals surface area contributed by atoms with Crippen LogP contribution in [0, 0.1) is 11.8 Å². The number of likely N-dealkylation sites (tertiary alicyclic amines) is 1. The lowest BCUT2D eigenvalue weighted by Gasteiger charge is -2.37. The Morgan fingerprint density at radius 3 is 2.17 bits per heavy atom. The zero-order chi connectivity index (χ0) is 17.2. The van der Waals surface area contributed by atoms with Crippen molar-refractivity contribution < 1.29 is 18.0 Å². The summed E-state index contributed by atoms with van der Waals surface area (Å²) in [6, 6.07) is 2.10. The molecule has 1 aromatic rings. The molecule has 0 atom stereocenters. The molecule has 1 aliphatic heterocycles. The fraction of sp³-hybridized carbons (Fsp3) is 0.667. The Kier molecular flexibility index (Phi) is 5.11. The van der Waals surface area contributed by atoms with Gasteiger partial charge in [0.25, 0.3) is 5.91 Å². The molecule has 0 bridgehead atoms. The SMILES string of the molecule is O=C(c1ccc(C(F)(F)F)nc1)N1CCC(C2CCCCC2)CC1. The second kappa shape index (κ2) is 7.11. The monoisotopic (exact) mass is 340 g/mol. The van der Waals surface area contributed by atoms with Gasteiger partial charge in [-0.1, -0.05) is 32.1 Å². The van der Waals surface area contributed by atoms with Crippen molar-refractivity contribution in [2.24, 2.45) is 11.8 Å². The van der Waals surface area contributed by atoms with E-state index in [0.717, 1.165) is 31.0 Å². The van der Waals surface area contributed by atoms with Gasteiger partial charge in [-0.2, -0.15) is 13.2 Å². The van der Waals surface area contributed by atoms with E-state index in [-0.39, 0.29) is 11.5 Å². The van der Waals surface area contributed by atoms with E-state index in [1.54, 1.807) is 4.90 Å². The van der Waals surface area contributed by atoms with Crippen molar-refractivity contribution in [2.45, 2.75) is 51.1 Å². The number of pyridine rings is 1. The van der Waals surface area contributed by atoms with Gasteiger partial charge < -0.3 is 4.90 Å². The lowest BCUT2D eigenvalue weighted by molar-refractivity contribution is -0.141. The Morgan fingerprint density at radius 1 is 1.00 bits per heavy atom. The van der Waals surface area contributed by atoms with E-state index in [9.17, 15) is 18.0 Å². The van der Waals surface area contributed by atoms with Gasteiger partial charge in [0.15, 0.2) is 0 Å². The topological polar surface area (TPSA) is 33.2 Å². The van der Waals surface area contributed by atoms with Gasteiger partial charge in [0, 0.05) is 19.3 Å². The highest BCUT2D eigenvalue weighted by molar-refractivity contribution is 5.94. The minimum atomic E-state index is -4.47. The second-order valence-corrected chi connectivity index (χ2v) is 6.96. The zero-order valence-electron chi connectivity index (χ0n) is 13.7. The van der Waals surface area contributed by atoms with Crippen molar-refractivity contribution in [3.8, 4) is 0 Å². The summed E-state index contributed by atoms with van der Waals surface area (Å²) in [5, 5.41) is 0. The van der Waals surface area contributed by atoms with Gasteiger partial charge in [0.05, 0.1) is 5.56 Å². The fourth-order valence-electron chi connectivity index (χ4n) is 4.05. The van der Waals surface area contributed by atoms with Crippen LogP contribution in [0.5, 0.6) is 0 Å². The maximum absolute atomic E-state index is 12.5. The van der Waals surface area contributed by atoms with Crippen molar-refractivity contribution >= 4 is 5.91 Å². The van der Waals surface area contributed by atoms with E-state index < -0.39 is 11.9 Å². The number of hydrogen-bond donors (Lipinski definition) is 0. The normalized spacial score (nSPS) is 21.0. The van der Waals surface area contributed by atoms with E-state index in [4.69, 9.17) is 0 Å². The van der Waals surface area contributed by atoms with E-state index in [1.807, 2.05) is 0 Å². The summed E-state index contributed by atoms with van der Waals surface area (Å²) in [6.07, 6.45) is 5.17. The number of carbonyl (C=O) groups is 1. The smallest absolute Gasteiger partial charge is 0.339 e. The summed E-state index contributed by atoms with van der Waals surface area (Å²) in [7, 11) is 0. The summed E-state index contributed by atoms with van der Waals surface area (Å²) >= 11 is 0. The summed E-state index contributed by atoms with van der Waals surface area (Å²) in [5.74, 6) is 1.28.